The lowest BCUT2D eigenvalue weighted by Crippen LogP contribution is -2.34. The predicted molar refractivity (Wildman–Crippen MR) is 91.6 cm³/mol. The first-order chi connectivity index (χ1) is 11.5. The number of hydrogen-bond donors (Lipinski definition) is 2. The molecule has 126 valence electrons. The van der Waals surface area contributed by atoms with Gasteiger partial charge in [-0.15, -0.1) is 5.10 Å². The number of ether oxygens (including phenoxy) is 1. The summed E-state index contributed by atoms with van der Waals surface area (Å²) in [5, 5.41) is 4.47. The standard InChI is InChI=1S/C16H18N4O3S/c1-9(8-20-16(22)24-15(19-20)23-2)13-11-6-4-3-5-10(11)7-12(13)14(21)18-17/h3-7,9,13H,8,17H2,1-2H3,(H,18,21). The summed E-state index contributed by atoms with van der Waals surface area (Å²) in [5.41, 5.74) is 4.86. The molecule has 0 aliphatic heterocycles. The van der Waals surface area contributed by atoms with Gasteiger partial charge in [0.15, 0.2) is 0 Å². The Morgan fingerprint density at radius 2 is 2.25 bits per heavy atom. The van der Waals surface area contributed by atoms with E-state index in [-0.39, 0.29) is 22.6 Å². The maximum Gasteiger partial charge on any atom is 0.328 e. The molecule has 1 amide bonds. The molecule has 0 bridgehead atoms. The van der Waals surface area contributed by atoms with Crippen LogP contribution in [0.2, 0.25) is 0 Å². The summed E-state index contributed by atoms with van der Waals surface area (Å²) < 4.78 is 6.39. The van der Waals surface area contributed by atoms with E-state index in [1.807, 2.05) is 37.3 Å². The van der Waals surface area contributed by atoms with Gasteiger partial charge < -0.3 is 4.74 Å². The van der Waals surface area contributed by atoms with Crippen molar-refractivity contribution in [3.05, 3.63) is 50.6 Å². The number of methoxy groups -OCH3 is 1. The number of nitrogens with two attached hydrogens (primary N) is 1. The third kappa shape index (κ3) is 2.85. The van der Waals surface area contributed by atoms with E-state index >= 15 is 0 Å². The average Bonchev–Trinajstić information content (AvgIpc) is 3.14. The summed E-state index contributed by atoms with van der Waals surface area (Å²) >= 11 is 0.956. The molecule has 0 radical (unpaired) electrons. The van der Waals surface area contributed by atoms with E-state index in [4.69, 9.17) is 10.6 Å². The second-order valence-electron chi connectivity index (χ2n) is 5.68. The van der Waals surface area contributed by atoms with Crippen molar-refractivity contribution in [2.75, 3.05) is 7.11 Å². The van der Waals surface area contributed by atoms with Crippen LogP contribution in [0.1, 0.15) is 24.0 Å². The van der Waals surface area contributed by atoms with Crippen molar-refractivity contribution in [2.24, 2.45) is 11.8 Å². The van der Waals surface area contributed by atoms with Crippen molar-refractivity contribution in [1.29, 1.82) is 0 Å². The molecule has 2 aromatic rings. The summed E-state index contributed by atoms with van der Waals surface area (Å²) in [4.78, 5) is 24.0. The van der Waals surface area contributed by atoms with Gasteiger partial charge in [0.05, 0.1) is 7.11 Å². The highest BCUT2D eigenvalue weighted by Gasteiger charge is 2.33. The molecule has 1 aromatic heterocycles. The van der Waals surface area contributed by atoms with Crippen LogP contribution in [0.3, 0.4) is 0 Å². The summed E-state index contributed by atoms with van der Waals surface area (Å²) in [5.74, 6) is 4.84. The van der Waals surface area contributed by atoms with Crippen LogP contribution in [-0.4, -0.2) is 22.8 Å². The van der Waals surface area contributed by atoms with Crippen LogP contribution in [0.5, 0.6) is 5.19 Å². The van der Waals surface area contributed by atoms with Crippen LogP contribution < -0.4 is 20.9 Å². The lowest BCUT2D eigenvalue weighted by molar-refractivity contribution is -0.117. The van der Waals surface area contributed by atoms with Gasteiger partial charge in [0.25, 0.3) is 11.1 Å². The Labute approximate surface area is 142 Å². The van der Waals surface area contributed by atoms with E-state index in [0.29, 0.717) is 17.3 Å². The molecule has 1 aliphatic carbocycles. The fourth-order valence-corrected chi connectivity index (χ4v) is 3.71. The molecule has 1 aromatic carbocycles. The van der Waals surface area contributed by atoms with Gasteiger partial charge in [-0.25, -0.2) is 10.5 Å². The maximum absolute atomic E-state index is 12.2. The molecular formula is C16H18N4O3S. The van der Waals surface area contributed by atoms with Crippen LogP contribution >= 0.6 is 11.3 Å². The van der Waals surface area contributed by atoms with Crippen molar-refractivity contribution >= 4 is 23.3 Å². The van der Waals surface area contributed by atoms with Gasteiger partial charge in [-0.05, 0) is 34.5 Å². The minimum Gasteiger partial charge on any atom is -0.472 e. The van der Waals surface area contributed by atoms with Crippen molar-refractivity contribution < 1.29 is 9.53 Å². The first-order valence-corrected chi connectivity index (χ1v) is 8.30. The molecule has 0 saturated heterocycles. The van der Waals surface area contributed by atoms with Gasteiger partial charge in [-0.1, -0.05) is 31.2 Å². The molecule has 7 nitrogen and oxygen atoms in total. The predicted octanol–water partition coefficient (Wildman–Crippen LogP) is 1.12. The Balaban J connectivity index is 1.93. The van der Waals surface area contributed by atoms with Crippen molar-refractivity contribution in [3.8, 4) is 5.19 Å². The van der Waals surface area contributed by atoms with Crippen molar-refractivity contribution in [2.45, 2.75) is 19.4 Å². The van der Waals surface area contributed by atoms with Crippen LogP contribution in [0.15, 0.2) is 34.6 Å². The minimum atomic E-state index is -0.314. The first-order valence-electron chi connectivity index (χ1n) is 7.48. The van der Waals surface area contributed by atoms with Crippen LogP contribution in [0.25, 0.3) is 6.08 Å². The van der Waals surface area contributed by atoms with E-state index in [0.717, 1.165) is 22.5 Å². The number of nitrogens with one attached hydrogen (secondary N) is 1. The number of amides is 1. The Kier molecular flexibility index (Phi) is 4.50. The zero-order valence-electron chi connectivity index (χ0n) is 13.4. The monoisotopic (exact) mass is 346 g/mol. The minimum absolute atomic E-state index is 0.0262. The maximum atomic E-state index is 12.2. The highest BCUT2D eigenvalue weighted by atomic mass is 32.1. The molecule has 1 aliphatic rings. The summed E-state index contributed by atoms with van der Waals surface area (Å²) in [6.07, 6.45) is 1.85. The number of fused-ring (bicyclic) bond motifs is 1. The second kappa shape index (κ2) is 6.58. The van der Waals surface area contributed by atoms with E-state index < -0.39 is 0 Å². The van der Waals surface area contributed by atoms with Gasteiger partial charge in [-0.2, -0.15) is 0 Å². The average molecular weight is 346 g/mol. The zero-order chi connectivity index (χ0) is 17.3. The van der Waals surface area contributed by atoms with E-state index in [1.54, 1.807) is 0 Å². The molecule has 2 unspecified atom stereocenters. The van der Waals surface area contributed by atoms with Crippen LogP contribution in [0.4, 0.5) is 0 Å². The molecular weight excluding hydrogens is 328 g/mol. The van der Waals surface area contributed by atoms with E-state index in [1.165, 1.54) is 11.8 Å². The number of hydrazine groups is 1. The van der Waals surface area contributed by atoms with Gasteiger partial charge in [-0.3, -0.25) is 15.0 Å². The highest BCUT2D eigenvalue weighted by Crippen LogP contribution is 2.41. The topological polar surface area (TPSA) is 99.2 Å². The number of carbonyl (C=O) groups excluding carboxylic acids is 1. The number of aromatic nitrogens is 2. The van der Waals surface area contributed by atoms with Gasteiger partial charge in [0.2, 0.25) is 0 Å². The Morgan fingerprint density at radius 3 is 2.92 bits per heavy atom. The Morgan fingerprint density at radius 1 is 1.50 bits per heavy atom. The summed E-state index contributed by atoms with van der Waals surface area (Å²) in [6, 6.07) is 7.82. The third-order valence-electron chi connectivity index (χ3n) is 4.16. The number of benzene rings is 1. The molecule has 0 saturated carbocycles. The summed E-state index contributed by atoms with van der Waals surface area (Å²) in [7, 11) is 1.48. The number of rotatable bonds is 5. The highest BCUT2D eigenvalue weighted by molar-refractivity contribution is 7.10. The van der Waals surface area contributed by atoms with Gasteiger partial charge >= 0.3 is 4.87 Å². The van der Waals surface area contributed by atoms with E-state index in [9.17, 15) is 9.59 Å². The van der Waals surface area contributed by atoms with Gasteiger partial charge in [0.1, 0.15) is 0 Å². The Bertz CT molecular complexity index is 855. The molecule has 0 fully saturated rings. The molecule has 0 spiro atoms. The fourth-order valence-electron chi connectivity index (χ4n) is 3.12. The number of carbonyl (C=O) groups is 1. The second-order valence-corrected chi connectivity index (χ2v) is 6.58. The largest absolute Gasteiger partial charge is 0.472 e. The van der Waals surface area contributed by atoms with Crippen LogP contribution in [-0.2, 0) is 11.3 Å². The van der Waals surface area contributed by atoms with Gasteiger partial charge in [0, 0.05) is 18.0 Å². The normalized spacial score (nSPS) is 17.1. The fraction of sp³-hybridized carbons (Fsp3) is 0.312. The quantitative estimate of drug-likeness (QED) is 0.480. The summed E-state index contributed by atoms with van der Waals surface area (Å²) in [6.45, 7) is 2.37. The SMILES string of the molecule is COc1nn(CC(C)C2C(C(=O)NN)=Cc3ccccc32)c(=O)s1. The van der Waals surface area contributed by atoms with E-state index in [2.05, 4.69) is 10.5 Å². The Hall–Kier alpha value is -2.45. The number of nitrogens with zero attached hydrogens (tertiary/aromatic N) is 2. The first kappa shape index (κ1) is 16.4. The number of hydrogen-bond acceptors (Lipinski definition) is 6. The van der Waals surface area contributed by atoms with Crippen molar-refractivity contribution in [3.63, 3.8) is 0 Å². The molecule has 1 heterocycles. The third-order valence-corrected chi connectivity index (χ3v) is 4.97. The molecule has 24 heavy (non-hydrogen) atoms. The smallest absolute Gasteiger partial charge is 0.328 e. The molecule has 2 atom stereocenters. The van der Waals surface area contributed by atoms with Crippen molar-refractivity contribution in [1.82, 2.24) is 15.2 Å². The molecule has 3 rings (SSSR count). The lowest BCUT2D eigenvalue weighted by atomic mass is 9.84. The van der Waals surface area contributed by atoms with Crippen LogP contribution in [0, 0.1) is 5.92 Å². The lowest BCUT2D eigenvalue weighted by Gasteiger charge is -2.23. The zero-order valence-corrected chi connectivity index (χ0v) is 14.2. The molecule has 3 N–H and O–H groups in total. The molecule has 8 heteroatoms.